The van der Waals surface area contributed by atoms with Crippen molar-refractivity contribution in [2.45, 2.75) is 226 Å². The first-order valence-corrected chi connectivity index (χ1v) is 23.3. The Labute approximate surface area is 345 Å². The average Bonchev–Trinajstić information content (AvgIpc) is 3.19. The van der Waals surface area contributed by atoms with Crippen LogP contribution in [0.5, 0.6) is 0 Å². The fraction of sp³-hybridized carbons (Fsp3) is 0.740. The Hall–Kier alpha value is -2.89. The number of allylic oxidation sites excluding steroid dienone is 10. The molecule has 0 amide bonds. The van der Waals surface area contributed by atoms with Crippen molar-refractivity contribution >= 4 is 17.9 Å². The van der Waals surface area contributed by atoms with Gasteiger partial charge in [0.2, 0.25) is 0 Å². The van der Waals surface area contributed by atoms with Crippen LogP contribution in [0.4, 0.5) is 0 Å². The molecule has 0 aliphatic heterocycles. The SMILES string of the molecule is CC\C=C/C=C\C=C/CCCCCCCCCC(=O)OCC(COC(=O)CCCCCCCCCCCC)OC(=O)CC/C=C\C/C=C\CCCCCCCC. The fourth-order valence-corrected chi connectivity index (χ4v) is 6.32. The van der Waals surface area contributed by atoms with E-state index < -0.39 is 6.10 Å². The van der Waals surface area contributed by atoms with E-state index in [9.17, 15) is 14.4 Å². The number of unbranched alkanes of at least 4 members (excludes halogenated alkanes) is 22. The molecule has 0 aromatic rings. The fourth-order valence-electron chi connectivity index (χ4n) is 6.32. The zero-order valence-corrected chi connectivity index (χ0v) is 36.6. The van der Waals surface area contributed by atoms with Crippen LogP contribution in [0.2, 0.25) is 0 Å². The van der Waals surface area contributed by atoms with Crippen molar-refractivity contribution in [2.75, 3.05) is 13.2 Å². The van der Waals surface area contributed by atoms with E-state index in [4.69, 9.17) is 14.2 Å². The van der Waals surface area contributed by atoms with E-state index in [2.05, 4.69) is 75.5 Å². The van der Waals surface area contributed by atoms with Crippen LogP contribution in [-0.4, -0.2) is 37.2 Å². The van der Waals surface area contributed by atoms with Crippen LogP contribution < -0.4 is 0 Å². The van der Waals surface area contributed by atoms with E-state index in [0.717, 1.165) is 64.2 Å². The predicted molar refractivity (Wildman–Crippen MR) is 238 cm³/mol. The molecular formula is C50H86O6. The molecule has 1 atom stereocenters. The van der Waals surface area contributed by atoms with Crippen molar-refractivity contribution in [1.29, 1.82) is 0 Å². The molecular weight excluding hydrogens is 697 g/mol. The first-order chi connectivity index (χ1) is 27.5. The Morgan fingerprint density at radius 2 is 0.804 bits per heavy atom. The molecule has 0 aliphatic rings. The lowest BCUT2D eigenvalue weighted by molar-refractivity contribution is -0.166. The Kier molecular flexibility index (Phi) is 42.5. The van der Waals surface area contributed by atoms with Gasteiger partial charge in [-0.05, 0) is 57.8 Å². The highest BCUT2D eigenvalue weighted by molar-refractivity contribution is 5.71. The first kappa shape index (κ1) is 53.1. The van der Waals surface area contributed by atoms with Crippen molar-refractivity contribution in [1.82, 2.24) is 0 Å². The monoisotopic (exact) mass is 783 g/mol. The summed E-state index contributed by atoms with van der Waals surface area (Å²) in [7, 11) is 0. The molecule has 0 radical (unpaired) electrons. The number of hydrogen-bond donors (Lipinski definition) is 0. The van der Waals surface area contributed by atoms with E-state index in [0.29, 0.717) is 19.3 Å². The zero-order chi connectivity index (χ0) is 40.8. The molecule has 0 N–H and O–H groups in total. The summed E-state index contributed by atoms with van der Waals surface area (Å²) in [6.45, 7) is 6.42. The van der Waals surface area contributed by atoms with Gasteiger partial charge >= 0.3 is 17.9 Å². The highest BCUT2D eigenvalue weighted by Gasteiger charge is 2.19. The van der Waals surface area contributed by atoms with Gasteiger partial charge in [0.05, 0.1) is 0 Å². The highest BCUT2D eigenvalue weighted by atomic mass is 16.6. The minimum atomic E-state index is -0.805. The van der Waals surface area contributed by atoms with Crippen LogP contribution in [0, 0.1) is 0 Å². The van der Waals surface area contributed by atoms with Gasteiger partial charge in [-0.2, -0.15) is 0 Å². The van der Waals surface area contributed by atoms with E-state index >= 15 is 0 Å². The highest BCUT2D eigenvalue weighted by Crippen LogP contribution is 2.14. The Bertz CT molecular complexity index is 1040. The third-order valence-electron chi connectivity index (χ3n) is 9.83. The maximum absolute atomic E-state index is 12.7. The van der Waals surface area contributed by atoms with Crippen molar-refractivity contribution < 1.29 is 28.6 Å². The lowest BCUT2D eigenvalue weighted by Crippen LogP contribution is -2.30. The molecule has 56 heavy (non-hydrogen) atoms. The van der Waals surface area contributed by atoms with Crippen LogP contribution >= 0.6 is 0 Å². The summed E-state index contributed by atoms with van der Waals surface area (Å²) >= 11 is 0. The van der Waals surface area contributed by atoms with Gasteiger partial charge in [0.1, 0.15) is 13.2 Å². The molecule has 1 unspecified atom stereocenters. The molecule has 0 saturated carbocycles. The van der Waals surface area contributed by atoms with Gasteiger partial charge in [0.25, 0.3) is 0 Å². The summed E-state index contributed by atoms with van der Waals surface area (Å²) in [6.07, 6.45) is 53.6. The second-order valence-electron chi connectivity index (χ2n) is 15.3. The number of rotatable bonds is 41. The summed E-state index contributed by atoms with van der Waals surface area (Å²) in [5.74, 6) is -0.984. The van der Waals surface area contributed by atoms with Gasteiger partial charge in [-0.25, -0.2) is 0 Å². The molecule has 0 rings (SSSR count). The topological polar surface area (TPSA) is 78.9 Å². The summed E-state index contributed by atoms with van der Waals surface area (Å²) < 4.78 is 16.6. The molecule has 6 heteroatoms. The van der Waals surface area contributed by atoms with Crippen molar-refractivity contribution in [3.05, 3.63) is 60.8 Å². The zero-order valence-electron chi connectivity index (χ0n) is 36.6. The van der Waals surface area contributed by atoms with Gasteiger partial charge in [0, 0.05) is 19.3 Å². The minimum absolute atomic E-state index is 0.0996. The molecule has 0 heterocycles. The standard InChI is InChI=1S/C50H86O6/c1-4-7-10-13-16-19-22-24-25-27-28-31-34-37-40-43-49(52)55-46-47(45-54-48(51)42-39-36-33-30-21-18-15-12-9-6-3)56-50(53)44-41-38-35-32-29-26-23-20-17-14-11-8-5-2/h7,10,13,16,19,22,26,29,35,38,47H,4-6,8-9,11-12,14-15,17-18,20-21,23-25,27-28,30-34,36-37,39-46H2,1-3H3/b10-7-,16-13-,22-19-,29-26-,38-35-. The van der Waals surface area contributed by atoms with Crippen molar-refractivity contribution in [3.63, 3.8) is 0 Å². The lowest BCUT2D eigenvalue weighted by Gasteiger charge is -2.18. The van der Waals surface area contributed by atoms with Gasteiger partial charge in [0.15, 0.2) is 6.10 Å². The summed E-state index contributed by atoms with van der Waals surface area (Å²) in [6, 6.07) is 0. The molecule has 0 bridgehead atoms. The van der Waals surface area contributed by atoms with Gasteiger partial charge in [-0.15, -0.1) is 0 Å². The van der Waals surface area contributed by atoms with Crippen LogP contribution in [0.25, 0.3) is 0 Å². The first-order valence-electron chi connectivity index (χ1n) is 23.3. The quantitative estimate of drug-likeness (QED) is 0.0202. The third-order valence-corrected chi connectivity index (χ3v) is 9.83. The predicted octanol–water partition coefficient (Wildman–Crippen LogP) is 14.9. The number of ether oxygens (including phenoxy) is 3. The summed E-state index contributed by atoms with van der Waals surface area (Å²) in [5.41, 5.74) is 0. The van der Waals surface area contributed by atoms with E-state index in [-0.39, 0.29) is 37.5 Å². The second-order valence-corrected chi connectivity index (χ2v) is 15.3. The summed E-state index contributed by atoms with van der Waals surface area (Å²) in [4.78, 5) is 37.7. The molecule has 0 fully saturated rings. The number of carbonyl (C=O) groups is 3. The van der Waals surface area contributed by atoms with Gasteiger partial charge < -0.3 is 14.2 Å². The minimum Gasteiger partial charge on any atom is -0.462 e. The number of hydrogen-bond acceptors (Lipinski definition) is 6. The molecule has 322 valence electrons. The number of carbonyl (C=O) groups excluding carboxylic acids is 3. The van der Waals surface area contributed by atoms with Crippen LogP contribution in [0.3, 0.4) is 0 Å². The largest absolute Gasteiger partial charge is 0.462 e. The van der Waals surface area contributed by atoms with Gasteiger partial charge in [-0.3, -0.25) is 14.4 Å². The maximum Gasteiger partial charge on any atom is 0.306 e. The molecule has 0 saturated heterocycles. The molecule has 0 spiro atoms. The van der Waals surface area contributed by atoms with E-state index in [1.54, 1.807) is 0 Å². The van der Waals surface area contributed by atoms with E-state index in [1.807, 2.05) is 6.08 Å². The normalized spacial score (nSPS) is 12.6. The molecule has 0 aliphatic carbocycles. The lowest BCUT2D eigenvalue weighted by atomic mass is 10.1. The molecule has 6 nitrogen and oxygen atoms in total. The Balaban J connectivity index is 4.45. The maximum atomic E-state index is 12.7. The second kappa shape index (κ2) is 44.8. The van der Waals surface area contributed by atoms with Crippen LogP contribution in [-0.2, 0) is 28.6 Å². The van der Waals surface area contributed by atoms with Crippen molar-refractivity contribution in [2.24, 2.45) is 0 Å². The van der Waals surface area contributed by atoms with Crippen LogP contribution in [0.1, 0.15) is 220 Å². The van der Waals surface area contributed by atoms with E-state index in [1.165, 1.54) is 109 Å². The van der Waals surface area contributed by atoms with Crippen molar-refractivity contribution in [3.8, 4) is 0 Å². The molecule has 0 aromatic heterocycles. The summed E-state index contributed by atoms with van der Waals surface area (Å²) in [5, 5.41) is 0. The smallest absolute Gasteiger partial charge is 0.306 e. The average molecular weight is 783 g/mol. The van der Waals surface area contributed by atoms with Gasteiger partial charge in [-0.1, -0.05) is 204 Å². The Morgan fingerprint density at radius 1 is 0.393 bits per heavy atom. The number of esters is 3. The third kappa shape index (κ3) is 42.3. The molecule has 0 aromatic carbocycles. The van der Waals surface area contributed by atoms with Crippen LogP contribution in [0.15, 0.2) is 60.8 Å². The Morgan fingerprint density at radius 3 is 1.29 bits per heavy atom.